The van der Waals surface area contributed by atoms with E-state index in [9.17, 15) is 9.59 Å². The van der Waals surface area contributed by atoms with Crippen molar-refractivity contribution in [1.29, 1.82) is 0 Å². The standard InChI is InChI=1S/C16H19ClN2O2/c1-2-3-4-5-6-10-16(14(20)18-15(21)19-16)12-8-7-9-13(17)11-12/h2,7-9,11H,1,3-6,10H2,(H2,18,19,20,21). The maximum Gasteiger partial charge on any atom is 0.322 e. The number of rotatable bonds is 7. The Bertz CT molecular complexity index is 559. The second kappa shape index (κ2) is 6.76. The topological polar surface area (TPSA) is 58.2 Å². The number of benzene rings is 1. The monoisotopic (exact) mass is 306 g/mol. The van der Waals surface area contributed by atoms with Gasteiger partial charge in [-0.2, -0.15) is 0 Å². The van der Waals surface area contributed by atoms with Crippen LogP contribution >= 0.6 is 11.6 Å². The molecule has 4 nitrogen and oxygen atoms in total. The molecule has 1 unspecified atom stereocenters. The minimum atomic E-state index is -1.00. The fourth-order valence-corrected chi connectivity index (χ4v) is 2.82. The minimum Gasteiger partial charge on any atom is -0.319 e. The first kappa shape index (κ1) is 15.6. The summed E-state index contributed by atoms with van der Waals surface area (Å²) >= 11 is 6.02. The van der Waals surface area contributed by atoms with Gasteiger partial charge in [-0.15, -0.1) is 6.58 Å². The summed E-state index contributed by atoms with van der Waals surface area (Å²) in [6, 6.07) is 6.63. The molecule has 0 saturated carbocycles. The zero-order chi connectivity index (χ0) is 15.3. The van der Waals surface area contributed by atoms with Crippen LogP contribution in [-0.2, 0) is 10.3 Å². The summed E-state index contributed by atoms with van der Waals surface area (Å²) in [5, 5.41) is 5.65. The van der Waals surface area contributed by atoms with Crippen LogP contribution in [0.25, 0.3) is 0 Å². The molecule has 1 aliphatic heterocycles. The Morgan fingerprint density at radius 2 is 2.05 bits per heavy atom. The number of nitrogens with one attached hydrogen (secondary N) is 2. The summed E-state index contributed by atoms with van der Waals surface area (Å²) in [5.74, 6) is -0.307. The molecule has 1 aromatic rings. The molecule has 1 saturated heterocycles. The van der Waals surface area contributed by atoms with E-state index in [0.29, 0.717) is 11.4 Å². The van der Waals surface area contributed by atoms with Gasteiger partial charge in [0.05, 0.1) is 0 Å². The van der Waals surface area contributed by atoms with Gasteiger partial charge in [0, 0.05) is 5.02 Å². The zero-order valence-electron chi connectivity index (χ0n) is 11.8. The van der Waals surface area contributed by atoms with Crippen LogP contribution < -0.4 is 10.6 Å². The Labute approximate surface area is 129 Å². The molecular weight excluding hydrogens is 288 g/mol. The van der Waals surface area contributed by atoms with Crippen LogP contribution in [0.1, 0.15) is 37.7 Å². The van der Waals surface area contributed by atoms with Gasteiger partial charge in [0.25, 0.3) is 5.91 Å². The van der Waals surface area contributed by atoms with Crippen molar-refractivity contribution in [3.63, 3.8) is 0 Å². The van der Waals surface area contributed by atoms with Gasteiger partial charge in [-0.3, -0.25) is 10.1 Å². The fourth-order valence-electron chi connectivity index (χ4n) is 2.62. The molecule has 21 heavy (non-hydrogen) atoms. The summed E-state index contributed by atoms with van der Waals surface area (Å²) in [6.07, 6.45) is 6.26. The summed E-state index contributed by atoms with van der Waals surface area (Å²) < 4.78 is 0. The van der Waals surface area contributed by atoms with Crippen LogP contribution in [-0.4, -0.2) is 11.9 Å². The Kier molecular flexibility index (Phi) is 5.02. The number of allylic oxidation sites excluding steroid dienone is 1. The van der Waals surface area contributed by atoms with E-state index in [4.69, 9.17) is 11.6 Å². The van der Waals surface area contributed by atoms with E-state index in [1.54, 1.807) is 18.2 Å². The van der Waals surface area contributed by atoms with Gasteiger partial charge in [-0.05, 0) is 37.0 Å². The molecular formula is C16H19ClN2O2. The molecule has 1 aliphatic rings. The van der Waals surface area contributed by atoms with Gasteiger partial charge in [-0.1, -0.05) is 42.7 Å². The lowest BCUT2D eigenvalue weighted by Crippen LogP contribution is -2.43. The van der Waals surface area contributed by atoms with Crippen LogP contribution in [0.2, 0.25) is 5.02 Å². The molecule has 2 N–H and O–H groups in total. The molecule has 112 valence electrons. The molecule has 0 aromatic heterocycles. The first-order chi connectivity index (χ1) is 10.1. The van der Waals surface area contributed by atoms with Crippen LogP contribution in [0.5, 0.6) is 0 Å². The Hall–Kier alpha value is -1.81. The van der Waals surface area contributed by atoms with Crippen LogP contribution in [0.3, 0.4) is 0 Å². The van der Waals surface area contributed by atoms with Crippen molar-refractivity contribution in [2.45, 2.75) is 37.6 Å². The third-order valence-corrected chi connectivity index (χ3v) is 3.95. The fraction of sp³-hybridized carbons (Fsp3) is 0.375. The minimum absolute atomic E-state index is 0.307. The Morgan fingerprint density at radius 3 is 2.67 bits per heavy atom. The molecule has 2 rings (SSSR count). The first-order valence-corrected chi connectivity index (χ1v) is 7.47. The quantitative estimate of drug-likeness (QED) is 0.460. The van der Waals surface area contributed by atoms with Crippen molar-refractivity contribution >= 4 is 23.5 Å². The second-order valence-corrected chi connectivity index (χ2v) is 5.65. The number of hydrogen-bond donors (Lipinski definition) is 2. The van der Waals surface area contributed by atoms with E-state index in [2.05, 4.69) is 17.2 Å². The highest BCUT2D eigenvalue weighted by molar-refractivity contribution is 6.30. The molecule has 1 atom stereocenters. The second-order valence-electron chi connectivity index (χ2n) is 5.21. The highest BCUT2D eigenvalue weighted by Gasteiger charge is 2.47. The van der Waals surface area contributed by atoms with Gasteiger partial charge in [0.2, 0.25) is 0 Å². The molecule has 0 spiro atoms. The van der Waals surface area contributed by atoms with Crippen molar-refractivity contribution in [3.8, 4) is 0 Å². The molecule has 1 fully saturated rings. The molecule has 0 aliphatic carbocycles. The first-order valence-electron chi connectivity index (χ1n) is 7.09. The number of amides is 3. The third kappa shape index (κ3) is 3.45. The predicted octanol–water partition coefficient (Wildman–Crippen LogP) is 3.51. The van der Waals surface area contributed by atoms with E-state index in [0.717, 1.165) is 31.2 Å². The lowest BCUT2D eigenvalue weighted by molar-refractivity contribution is -0.124. The summed E-state index contributed by atoms with van der Waals surface area (Å²) in [6.45, 7) is 3.69. The lowest BCUT2D eigenvalue weighted by Gasteiger charge is -2.26. The summed E-state index contributed by atoms with van der Waals surface area (Å²) in [7, 11) is 0. The largest absolute Gasteiger partial charge is 0.322 e. The maximum absolute atomic E-state index is 12.3. The van der Waals surface area contributed by atoms with E-state index in [1.807, 2.05) is 12.1 Å². The van der Waals surface area contributed by atoms with E-state index >= 15 is 0 Å². The van der Waals surface area contributed by atoms with Crippen LogP contribution in [0, 0.1) is 0 Å². The lowest BCUT2D eigenvalue weighted by atomic mass is 9.84. The van der Waals surface area contributed by atoms with E-state index < -0.39 is 11.6 Å². The molecule has 0 radical (unpaired) electrons. The molecule has 1 aromatic carbocycles. The van der Waals surface area contributed by atoms with Gasteiger partial charge in [0.15, 0.2) is 0 Å². The number of hydrogen-bond acceptors (Lipinski definition) is 2. The third-order valence-electron chi connectivity index (χ3n) is 3.72. The highest BCUT2D eigenvalue weighted by atomic mass is 35.5. The van der Waals surface area contributed by atoms with Gasteiger partial charge < -0.3 is 5.32 Å². The van der Waals surface area contributed by atoms with Gasteiger partial charge >= 0.3 is 6.03 Å². The number of urea groups is 1. The van der Waals surface area contributed by atoms with Crippen molar-refractivity contribution in [1.82, 2.24) is 10.6 Å². The summed E-state index contributed by atoms with van der Waals surface area (Å²) in [4.78, 5) is 23.9. The number of carbonyl (C=O) groups excluding carboxylic acids is 2. The number of unbranched alkanes of at least 4 members (excludes halogenated alkanes) is 3. The van der Waals surface area contributed by atoms with Crippen molar-refractivity contribution < 1.29 is 9.59 Å². The smallest absolute Gasteiger partial charge is 0.319 e. The molecule has 5 heteroatoms. The summed E-state index contributed by atoms with van der Waals surface area (Å²) in [5.41, 5.74) is -0.280. The normalized spacial score (nSPS) is 21.0. The van der Waals surface area contributed by atoms with Crippen LogP contribution in [0.15, 0.2) is 36.9 Å². The van der Waals surface area contributed by atoms with E-state index in [1.165, 1.54) is 0 Å². The average molecular weight is 307 g/mol. The Balaban J connectivity index is 2.18. The van der Waals surface area contributed by atoms with Gasteiger partial charge in [0.1, 0.15) is 5.54 Å². The molecule has 0 bridgehead atoms. The SMILES string of the molecule is C=CCCCCCC1(c2cccc(Cl)c2)NC(=O)NC1=O. The molecule has 1 heterocycles. The number of imide groups is 1. The number of halogens is 1. The average Bonchev–Trinajstić information content (AvgIpc) is 2.74. The van der Waals surface area contributed by atoms with E-state index in [-0.39, 0.29) is 5.91 Å². The predicted molar refractivity (Wildman–Crippen MR) is 83.1 cm³/mol. The van der Waals surface area contributed by atoms with Crippen molar-refractivity contribution in [2.24, 2.45) is 0 Å². The van der Waals surface area contributed by atoms with Gasteiger partial charge in [-0.25, -0.2) is 4.79 Å². The van der Waals surface area contributed by atoms with Crippen molar-refractivity contribution in [2.75, 3.05) is 0 Å². The van der Waals surface area contributed by atoms with Crippen molar-refractivity contribution in [3.05, 3.63) is 47.5 Å². The highest BCUT2D eigenvalue weighted by Crippen LogP contribution is 2.32. The zero-order valence-corrected chi connectivity index (χ0v) is 12.6. The Morgan fingerprint density at radius 1 is 1.24 bits per heavy atom. The maximum atomic E-state index is 12.3. The number of carbonyl (C=O) groups is 2. The molecule has 3 amide bonds. The van der Waals surface area contributed by atoms with Crippen LogP contribution in [0.4, 0.5) is 4.79 Å².